The minimum absolute atomic E-state index is 0.0218. The van der Waals surface area contributed by atoms with Crippen LogP contribution >= 0.6 is 28.8 Å². The first-order valence-electron chi connectivity index (χ1n) is 9.18. The van der Waals surface area contributed by atoms with Crippen LogP contribution in [0.1, 0.15) is 96.3 Å². The molecule has 3 heteroatoms. The second-order valence-corrected chi connectivity index (χ2v) is 9.57. The Bertz CT molecular complexity index is 207. The SMILES string of the molecule is BrCCCCCCCCCCCCCCCCC=[CH][Mg][Br]. The average Bonchev–Trinajstić information content (AvgIpc) is 2.50. The van der Waals surface area contributed by atoms with Gasteiger partial charge in [0.1, 0.15) is 0 Å². The Balaban J connectivity index is 2.95. The second-order valence-electron chi connectivity index (χ2n) is 6.05. The highest BCUT2D eigenvalue weighted by Gasteiger charge is 1.94. The molecule has 0 nitrogen and oxygen atoms in total. The second kappa shape index (κ2) is 21.5. The van der Waals surface area contributed by atoms with Crippen molar-refractivity contribution in [1.29, 1.82) is 0 Å². The monoisotopic (exact) mass is 432 g/mol. The minimum atomic E-state index is -0.0218. The fourth-order valence-electron chi connectivity index (χ4n) is 2.66. The lowest BCUT2D eigenvalue weighted by Crippen LogP contribution is -1.83. The van der Waals surface area contributed by atoms with Crippen molar-refractivity contribution in [3.63, 3.8) is 0 Å². The molecule has 0 saturated heterocycles. The van der Waals surface area contributed by atoms with E-state index in [1.54, 1.807) is 0 Å². The van der Waals surface area contributed by atoms with Crippen LogP contribution in [-0.2, 0) is 0 Å². The van der Waals surface area contributed by atoms with E-state index in [1.807, 2.05) is 0 Å². The van der Waals surface area contributed by atoms with E-state index in [4.69, 9.17) is 0 Å². The van der Waals surface area contributed by atoms with E-state index in [2.05, 4.69) is 39.1 Å². The van der Waals surface area contributed by atoms with Crippen LogP contribution in [0.2, 0.25) is 0 Å². The molecule has 0 spiro atoms. The molecule has 0 aliphatic heterocycles. The van der Waals surface area contributed by atoms with E-state index in [1.165, 1.54) is 102 Å². The zero-order valence-electron chi connectivity index (χ0n) is 13.9. The first-order chi connectivity index (χ1) is 10.4. The molecule has 0 fully saturated rings. The Hall–Kier alpha value is 1.47. The topological polar surface area (TPSA) is 0 Å². The lowest BCUT2D eigenvalue weighted by atomic mass is 10.0. The summed E-state index contributed by atoms with van der Waals surface area (Å²) in [6.45, 7) is 0. The molecule has 21 heavy (non-hydrogen) atoms. The Kier molecular flexibility index (Phi) is 23.0. The summed E-state index contributed by atoms with van der Waals surface area (Å²) in [5.74, 6) is 0. The molecule has 0 atom stereocenters. The molecule has 0 aromatic rings. The molecule has 0 N–H and O–H groups in total. The Morgan fingerprint density at radius 2 is 0.952 bits per heavy atom. The lowest BCUT2D eigenvalue weighted by molar-refractivity contribution is 0.536. The smallest absolute Gasteiger partial charge is 0.297 e. The summed E-state index contributed by atoms with van der Waals surface area (Å²) < 4.78 is 2.35. The van der Waals surface area contributed by atoms with E-state index in [0.717, 1.165) is 0 Å². The predicted molar refractivity (Wildman–Crippen MR) is 107 cm³/mol. The van der Waals surface area contributed by atoms with Crippen LogP contribution in [0, 0.1) is 0 Å². The highest BCUT2D eigenvalue weighted by Crippen LogP contribution is 2.13. The van der Waals surface area contributed by atoms with E-state index in [9.17, 15) is 0 Å². The van der Waals surface area contributed by atoms with Gasteiger partial charge in [0, 0.05) is 5.33 Å². The van der Waals surface area contributed by atoms with Gasteiger partial charge in [0.25, 0.3) is 0 Å². The molecule has 0 bridgehead atoms. The summed E-state index contributed by atoms with van der Waals surface area (Å²) in [5.41, 5.74) is 0. The van der Waals surface area contributed by atoms with Gasteiger partial charge in [0.2, 0.25) is 0 Å². The molecular weight excluding hydrogens is 400 g/mol. The van der Waals surface area contributed by atoms with E-state index in [0.29, 0.717) is 0 Å². The number of alkyl halides is 1. The Morgan fingerprint density at radius 3 is 1.33 bits per heavy atom. The first kappa shape index (κ1) is 22.5. The largest absolute Gasteiger partial charge is 0.498 e. The molecule has 0 rings (SSSR count). The van der Waals surface area contributed by atoms with Gasteiger partial charge in [0.05, 0.1) is 0 Å². The van der Waals surface area contributed by atoms with Crippen LogP contribution in [0.5, 0.6) is 0 Å². The summed E-state index contributed by atoms with van der Waals surface area (Å²) >= 11 is 7.02. The van der Waals surface area contributed by atoms with Gasteiger partial charge in [-0.1, -0.05) is 93.0 Å². The summed E-state index contributed by atoms with van der Waals surface area (Å²) in [7, 11) is 0. The normalized spacial score (nSPS) is 11.1. The standard InChI is InChI=1S/C18H34Br.BrH.Mg/c1-2-3-4-5-6-7-8-9-10-11-12-13-14-15-16-17-18-19;;/h1-2H,3-18H2;1H;/q;;+1/p-1. The maximum absolute atomic E-state index is 3.55. The third kappa shape index (κ3) is 21.5. The maximum atomic E-state index is 3.55. The average molecular weight is 435 g/mol. The van der Waals surface area contributed by atoms with Crippen molar-refractivity contribution < 1.29 is 0 Å². The molecule has 0 radical (unpaired) electrons. The number of rotatable bonds is 17. The van der Waals surface area contributed by atoms with E-state index < -0.39 is 0 Å². The maximum Gasteiger partial charge on any atom is 0.498 e. The van der Waals surface area contributed by atoms with Crippen molar-refractivity contribution in [2.45, 2.75) is 96.3 Å². The summed E-state index contributed by atoms with van der Waals surface area (Å²) in [6.07, 6.45) is 23.9. The van der Waals surface area contributed by atoms with Crippen LogP contribution < -0.4 is 0 Å². The van der Waals surface area contributed by atoms with Gasteiger partial charge < -0.3 is 0 Å². The number of halogens is 2. The van der Waals surface area contributed by atoms with Crippen molar-refractivity contribution in [3.8, 4) is 0 Å². The van der Waals surface area contributed by atoms with Gasteiger partial charge in [-0.3, -0.25) is 12.9 Å². The molecule has 122 valence electrons. The van der Waals surface area contributed by atoms with Gasteiger partial charge in [-0.25, -0.2) is 0 Å². The van der Waals surface area contributed by atoms with Crippen molar-refractivity contribution >= 4 is 47.0 Å². The number of hydrogen-bond acceptors (Lipinski definition) is 0. The molecular formula is C18H34Br2Mg. The van der Waals surface area contributed by atoms with E-state index >= 15 is 0 Å². The van der Waals surface area contributed by atoms with Gasteiger partial charge in [0.15, 0.2) is 0 Å². The quantitative estimate of drug-likeness (QED) is 0.125. The third-order valence-corrected chi connectivity index (χ3v) is 6.20. The molecule has 0 saturated carbocycles. The summed E-state index contributed by atoms with van der Waals surface area (Å²) in [5, 5.41) is 1.18. The summed E-state index contributed by atoms with van der Waals surface area (Å²) in [4.78, 5) is 0. The van der Waals surface area contributed by atoms with Crippen molar-refractivity contribution in [2.75, 3.05) is 5.33 Å². The van der Waals surface area contributed by atoms with Crippen LogP contribution in [-0.4, -0.2) is 23.5 Å². The predicted octanol–water partition coefficient (Wildman–Crippen LogP) is 7.76. The molecule has 0 aliphatic rings. The van der Waals surface area contributed by atoms with Crippen LogP contribution in [0.25, 0.3) is 0 Å². The van der Waals surface area contributed by atoms with Crippen molar-refractivity contribution in [3.05, 3.63) is 10.3 Å². The molecule has 0 amide bonds. The zero-order chi connectivity index (χ0) is 15.4. The van der Waals surface area contributed by atoms with Crippen LogP contribution in [0.3, 0.4) is 0 Å². The minimum Gasteiger partial charge on any atom is -0.297 e. The zero-order valence-corrected chi connectivity index (χ0v) is 18.5. The van der Waals surface area contributed by atoms with Crippen LogP contribution in [0.4, 0.5) is 0 Å². The van der Waals surface area contributed by atoms with Gasteiger partial charge in [-0.2, -0.15) is 4.21 Å². The fourth-order valence-corrected chi connectivity index (χ4v) is 4.21. The number of unbranched alkanes of at least 4 members (excludes halogenated alkanes) is 14. The highest BCUT2D eigenvalue weighted by molar-refractivity contribution is 9.23. The molecule has 0 heterocycles. The molecule has 0 aromatic heterocycles. The highest BCUT2D eigenvalue weighted by atomic mass is 79.9. The van der Waals surface area contributed by atoms with Gasteiger partial charge in [-0.15, -0.1) is 6.08 Å². The van der Waals surface area contributed by atoms with Gasteiger partial charge in [-0.05, 0) is 19.3 Å². The number of allylic oxidation sites excluding steroid dienone is 1. The lowest BCUT2D eigenvalue weighted by Gasteiger charge is -2.03. The van der Waals surface area contributed by atoms with Crippen molar-refractivity contribution in [2.24, 2.45) is 0 Å². The first-order valence-corrected chi connectivity index (χ1v) is 15.0. The van der Waals surface area contributed by atoms with Crippen LogP contribution in [0.15, 0.2) is 10.3 Å². The molecule has 0 aromatic carbocycles. The third-order valence-electron chi connectivity index (χ3n) is 4.01. The Morgan fingerprint density at radius 1 is 0.571 bits per heavy atom. The van der Waals surface area contributed by atoms with E-state index in [-0.39, 0.29) is 18.2 Å². The van der Waals surface area contributed by atoms with Crippen molar-refractivity contribution in [1.82, 2.24) is 0 Å². The molecule has 0 unspecified atom stereocenters. The molecule has 0 aliphatic carbocycles. The van der Waals surface area contributed by atoms with Gasteiger partial charge >= 0.3 is 18.2 Å². The fraction of sp³-hybridized carbons (Fsp3) is 0.889. The summed E-state index contributed by atoms with van der Waals surface area (Å²) in [6, 6.07) is 0. The number of hydrogen-bond donors (Lipinski definition) is 0. The Labute approximate surface area is 158 Å².